The first-order valence-corrected chi connectivity index (χ1v) is 8.78. The van der Waals surface area contributed by atoms with Crippen molar-refractivity contribution in [2.24, 2.45) is 0 Å². The summed E-state index contributed by atoms with van der Waals surface area (Å²) >= 11 is 0. The third-order valence-electron chi connectivity index (χ3n) is 4.62. The second-order valence-corrected chi connectivity index (χ2v) is 6.93. The van der Waals surface area contributed by atoms with Crippen molar-refractivity contribution >= 4 is 5.82 Å². The molecular weight excluding hydrogens is 386 g/mol. The Morgan fingerprint density at radius 1 is 1.34 bits per heavy atom. The van der Waals surface area contributed by atoms with Gasteiger partial charge in [-0.3, -0.25) is 9.55 Å². The number of nitro groups is 1. The monoisotopic (exact) mass is 402 g/mol. The van der Waals surface area contributed by atoms with Crippen LogP contribution in [0, 0.1) is 21.7 Å². The Labute approximate surface area is 163 Å². The minimum absolute atomic E-state index is 0.166. The van der Waals surface area contributed by atoms with E-state index in [4.69, 9.17) is 9.47 Å². The van der Waals surface area contributed by atoms with E-state index in [9.17, 15) is 18.9 Å². The van der Waals surface area contributed by atoms with E-state index in [-0.39, 0.29) is 24.0 Å². The molecule has 10 heteroatoms. The molecule has 3 aromatic rings. The molecule has 1 aromatic carbocycles. The fourth-order valence-electron chi connectivity index (χ4n) is 3.00. The van der Waals surface area contributed by atoms with Gasteiger partial charge in [0.05, 0.1) is 11.9 Å². The van der Waals surface area contributed by atoms with Crippen LogP contribution in [0.4, 0.5) is 14.6 Å². The summed E-state index contributed by atoms with van der Waals surface area (Å²) in [7, 11) is 0. The van der Waals surface area contributed by atoms with Crippen LogP contribution in [-0.2, 0) is 6.54 Å². The van der Waals surface area contributed by atoms with Crippen LogP contribution in [0.3, 0.4) is 0 Å². The smallest absolute Gasteiger partial charge is 0.414 e. The average molecular weight is 402 g/mol. The van der Waals surface area contributed by atoms with Crippen molar-refractivity contribution in [1.29, 1.82) is 0 Å². The first kappa shape index (κ1) is 18.8. The van der Waals surface area contributed by atoms with Crippen molar-refractivity contribution in [2.45, 2.75) is 25.5 Å². The summed E-state index contributed by atoms with van der Waals surface area (Å²) in [5, 5.41) is 10.9. The second-order valence-electron chi connectivity index (χ2n) is 6.93. The van der Waals surface area contributed by atoms with E-state index in [0.29, 0.717) is 24.4 Å². The fourth-order valence-corrected chi connectivity index (χ4v) is 3.00. The van der Waals surface area contributed by atoms with Gasteiger partial charge >= 0.3 is 11.8 Å². The van der Waals surface area contributed by atoms with Gasteiger partial charge in [-0.1, -0.05) is 0 Å². The molecule has 0 N–H and O–H groups in total. The first-order chi connectivity index (χ1) is 13.8. The molecule has 0 amide bonds. The maximum absolute atomic E-state index is 13.9. The van der Waals surface area contributed by atoms with Gasteiger partial charge in [0.25, 0.3) is 0 Å². The zero-order valence-corrected chi connectivity index (χ0v) is 15.3. The lowest BCUT2D eigenvalue weighted by Crippen LogP contribution is -2.43. The zero-order valence-electron chi connectivity index (χ0n) is 15.3. The second kappa shape index (κ2) is 7.12. The van der Waals surface area contributed by atoms with Crippen molar-refractivity contribution in [1.82, 2.24) is 14.5 Å². The average Bonchev–Trinajstić information content (AvgIpc) is 3.10. The van der Waals surface area contributed by atoms with Gasteiger partial charge in [0.15, 0.2) is 0 Å². The number of hydrogen-bond donors (Lipinski definition) is 0. The lowest BCUT2D eigenvalue weighted by atomic mass is 10.0. The Morgan fingerprint density at radius 2 is 2.17 bits per heavy atom. The number of fused-ring (bicyclic) bond motifs is 1. The van der Waals surface area contributed by atoms with E-state index in [1.807, 2.05) is 6.92 Å². The molecule has 29 heavy (non-hydrogen) atoms. The lowest BCUT2D eigenvalue weighted by Gasteiger charge is -2.32. The van der Waals surface area contributed by atoms with E-state index in [1.54, 1.807) is 16.7 Å². The van der Waals surface area contributed by atoms with Crippen molar-refractivity contribution in [3.05, 3.63) is 64.5 Å². The molecule has 1 unspecified atom stereocenters. The molecule has 0 aliphatic carbocycles. The molecule has 1 aliphatic heterocycles. The normalized spacial score (nSPS) is 18.0. The van der Waals surface area contributed by atoms with E-state index in [2.05, 4.69) is 9.97 Å². The molecule has 3 heterocycles. The Hall–Kier alpha value is -3.56. The SMILES string of the molecule is CC1(COc2ccc(-c3ccc(F)cc3F)nc2)CCn2cc([N+](=O)[O-])nc2O1. The van der Waals surface area contributed by atoms with E-state index in [0.717, 1.165) is 6.07 Å². The number of ether oxygens (including phenoxy) is 2. The Kier molecular flexibility index (Phi) is 4.61. The van der Waals surface area contributed by atoms with E-state index >= 15 is 0 Å². The number of aromatic nitrogens is 3. The number of halogens is 2. The number of aryl methyl sites for hydroxylation is 1. The third kappa shape index (κ3) is 3.86. The van der Waals surface area contributed by atoms with Gasteiger partial charge in [-0.2, -0.15) is 0 Å². The van der Waals surface area contributed by atoms with Gasteiger partial charge < -0.3 is 19.6 Å². The maximum Gasteiger partial charge on any atom is 0.414 e. The van der Waals surface area contributed by atoms with Gasteiger partial charge in [-0.05, 0) is 36.1 Å². The first-order valence-electron chi connectivity index (χ1n) is 8.78. The van der Waals surface area contributed by atoms with Crippen LogP contribution in [0.25, 0.3) is 11.3 Å². The molecule has 0 spiro atoms. The van der Waals surface area contributed by atoms with Crippen LogP contribution < -0.4 is 9.47 Å². The van der Waals surface area contributed by atoms with Gasteiger partial charge in [0.1, 0.15) is 35.8 Å². The van der Waals surface area contributed by atoms with Crippen LogP contribution in [0.2, 0.25) is 0 Å². The van der Waals surface area contributed by atoms with Crippen molar-refractivity contribution in [2.75, 3.05) is 6.61 Å². The minimum Gasteiger partial charge on any atom is -0.488 e. The molecule has 150 valence electrons. The summed E-state index contributed by atoms with van der Waals surface area (Å²) in [6.45, 7) is 2.50. The highest BCUT2D eigenvalue weighted by molar-refractivity contribution is 5.60. The molecule has 1 atom stereocenters. The van der Waals surface area contributed by atoms with Gasteiger partial charge in [-0.15, -0.1) is 0 Å². The summed E-state index contributed by atoms with van der Waals surface area (Å²) in [5.41, 5.74) is -0.185. The highest BCUT2D eigenvalue weighted by Gasteiger charge is 2.37. The zero-order chi connectivity index (χ0) is 20.6. The highest BCUT2D eigenvalue weighted by atomic mass is 19.1. The summed E-state index contributed by atoms with van der Waals surface area (Å²) in [5.74, 6) is -1.17. The summed E-state index contributed by atoms with van der Waals surface area (Å²) < 4.78 is 40.1. The number of hydrogen-bond acceptors (Lipinski definition) is 6. The molecule has 0 fully saturated rings. The predicted octanol–water partition coefficient (Wildman–Crippen LogP) is 3.75. The van der Waals surface area contributed by atoms with Crippen molar-refractivity contribution in [3.8, 4) is 23.0 Å². The van der Waals surface area contributed by atoms with Crippen molar-refractivity contribution < 1.29 is 23.2 Å². The standard InChI is InChI=1S/C19H16F2N4O4/c1-19(6-7-24-10-17(25(26)27)23-18(24)29-19)11-28-13-3-5-16(22-9-13)14-4-2-12(20)8-15(14)21/h2-5,8-10H,6-7,11H2,1H3. The molecule has 0 radical (unpaired) electrons. The number of nitrogens with zero attached hydrogens (tertiary/aromatic N) is 4. The number of pyridine rings is 1. The summed E-state index contributed by atoms with van der Waals surface area (Å²) in [6.07, 6.45) is 3.35. The molecule has 0 bridgehead atoms. The van der Waals surface area contributed by atoms with Gasteiger partial charge in [-0.25, -0.2) is 8.78 Å². The predicted molar refractivity (Wildman–Crippen MR) is 97.6 cm³/mol. The molecular formula is C19H16F2N4O4. The summed E-state index contributed by atoms with van der Waals surface area (Å²) in [6, 6.07) is 6.67. The quantitative estimate of drug-likeness (QED) is 0.477. The van der Waals surface area contributed by atoms with Gasteiger partial charge in [0, 0.05) is 29.6 Å². The number of imidazole rings is 1. The molecule has 1 aliphatic rings. The van der Waals surface area contributed by atoms with E-state index in [1.165, 1.54) is 24.5 Å². The highest BCUT2D eigenvalue weighted by Crippen LogP contribution is 2.31. The molecule has 2 aromatic heterocycles. The van der Waals surface area contributed by atoms with Gasteiger partial charge in [0.2, 0.25) is 0 Å². The largest absolute Gasteiger partial charge is 0.488 e. The third-order valence-corrected chi connectivity index (χ3v) is 4.62. The Bertz CT molecular complexity index is 1070. The van der Waals surface area contributed by atoms with Crippen LogP contribution in [-0.4, -0.2) is 31.7 Å². The molecule has 0 saturated heterocycles. The Morgan fingerprint density at radius 3 is 2.86 bits per heavy atom. The Balaban J connectivity index is 1.43. The fraction of sp³-hybridized carbons (Fsp3) is 0.263. The maximum atomic E-state index is 13.9. The summed E-state index contributed by atoms with van der Waals surface area (Å²) in [4.78, 5) is 18.3. The minimum atomic E-state index is -0.725. The molecule has 0 saturated carbocycles. The number of rotatable bonds is 5. The van der Waals surface area contributed by atoms with Crippen LogP contribution in [0.1, 0.15) is 13.3 Å². The van der Waals surface area contributed by atoms with E-state index < -0.39 is 22.2 Å². The number of benzene rings is 1. The van der Waals surface area contributed by atoms with Crippen LogP contribution in [0.15, 0.2) is 42.7 Å². The van der Waals surface area contributed by atoms with Crippen LogP contribution >= 0.6 is 0 Å². The topological polar surface area (TPSA) is 92.3 Å². The van der Waals surface area contributed by atoms with Crippen LogP contribution in [0.5, 0.6) is 11.8 Å². The molecule has 4 rings (SSSR count). The lowest BCUT2D eigenvalue weighted by molar-refractivity contribution is -0.389. The van der Waals surface area contributed by atoms with Crippen molar-refractivity contribution in [3.63, 3.8) is 0 Å². The molecule has 8 nitrogen and oxygen atoms in total.